The van der Waals surface area contributed by atoms with E-state index in [1.807, 2.05) is 0 Å². The molecule has 0 amide bonds. The molecule has 190 valence electrons. The molecule has 0 radical (unpaired) electrons. The minimum absolute atomic E-state index is 1.00. The Hall–Kier alpha value is -1.86. The molecule has 0 N–H and O–H groups in total. The third kappa shape index (κ3) is 5.93. The van der Waals surface area contributed by atoms with Gasteiger partial charge in [-0.15, -0.1) is 0 Å². The summed E-state index contributed by atoms with van der Waals surface area (Å²) in [5, 5.41) is 0. The van der Waals surface area contributed by atoms with Gasteiger partial charge in [0.2, 0.25) is 0 Å². The van der Waals surface area contributed by atoms with Crippen LogP contribution in [0.4, 0.5) is 17.1 Å². The number of hydrogen-bond acceptors (Lipinski definition) is 3. The van der Waals surface area contributed by atoms with Crippen molar-refractivity contribution in [1.82, 2.24) is 0 Å². The monoisotopic (exact) mass is 609 g/mol. The zero-order valence-corrected chi connectivity index (χ0v) is 25.4. The molecule has 0 saturated heterocycles. The first kappa shape index (κ1) is 27.7. The van der Waals surface area contributed by atoms with Gasteiger partial charge in [-0.1, -0.05) is 0 Å². The second kappa shape index (κ2) is 12.9. The summed E-state index contributed by atoms with van der Waals surface area (Å²) in [6, 6.07) is 27.2. The van der Waals surface area contributed by atoms with Gasteiger partial charge in [-0.3, -0.25) is 0 Å². The normalized spacial score (nSPS) is 11.9. The Morgan fingerprint density at radius 1 is 0.429 bits per heavy atom. The summed E-state index contributed by atoms with van der Waals surface area (Å²) >= 11 is -3.40. The summed E-state index contributed by atoms with van der Waals surface area (Å²) in [4.78, 5) is 7.14. The van der Waals surface area contributed by atoms with Gasteiger partial charge >= 0.3 is 222 Å². The summed E-state index contributed by atoms with van der Waals surface area (Å²) in [7, 11) is 7.86. The molecule has 0 aliphatic rings. The molecular weight excluding hydrogens is 565 g/mol. The number of benzene rings is 3. The molecule has 0 fully saturated rings. The fourth-order valence-electron chi connectivity index (χ4n) is 4.71. The van der Waals surface area contributed by atoms with Crippen LogP contribution in [0.3, 0.4) is 0 Å². The molecule has 0 aliphatic carbocycles. The van der Waals surface area contributed by atoms with Crippen molar-refractivity contribution in [1.29, 1.82) is 0 Å². The molecule has 0 saturated carbocycles. The molecule has 0 heterocycles. The number of halogens is 1. The number of anilines is 3. The fourth-order valence-corrected chi connectivity index (χ4v) is 13.5. The van der Waals surface area contributed by atoms with E-state index in [-0.39, 0.29) is 0 Å². The van der Waals surface area contributed by atoms with E-state index >= 15 is 0 Å². The van der Waals surface area contributed by atoms with E-state index in [4.69, 9.17) is 8.96 Å². The van der Waals surface area contributed by atoms with Gasteiger partial charge in [0.05, 0.1) is 0 Å². The Bertz CT molecular complexity index is 888. The van der Waals surface area contributed by atoms with Crippen LogP contribution >= 0.6 is 8.96 Å². The SMILES string of the molecule is CCN(CC)c1ccc([Te](Cl)(c2ccc(N(CC)CC)cc2)c2ccc(N(CC)CC)cc2)cc1. The van der Waals surface area contributed by atoms with Gasteiger partial charge in [-0.2, -0.15) is 0 Å². The summed E-state index contributed by atoms with van der Waals surface area (Å²) < 4.78 is 3.82. The van der Waals surface area contributed by atoms with Gasteiger partial charge in [0.25, 0.3) is 0 Å². The number of nitrogens with zero attached hydrogens (tertiary/aromatic N) is 3. The first-order chi connectivity index (χ1) is 17.0. The van der Waals surface area contributed by atoms with E-state index in [9.17, 15) is 0 Å². The van der Waals surface area contributed by atoms with Gasteiger partial charge in [0, 0.05) is 0 Å². The maximum atomic E-state index is 7.86. The second-order valence-corrected chi connectivity index (χ2v) is 18.7. The molecule has 3 aromatic rings. The Labute approximate surface area is 221 Å². The molecule has 0 aromatic heterocycles. The van der Waals surface area contributed by atoms with Crippen molar-refractivity contribution in [3.63, 3.8) is 0 Å². The molecule has 3 nitrogen and oxygen atoms in total. The van der Waals surface area contributed by atoms with E-state index < -0.39 is 17.1 Å². The van der Waals surface area contributed by atoms with Crippen LogP contribution in [0.5, 0.6) is 0 Å². The minimum atomic E-state index is -3.40. The van der Waals surface area contributed by atoms with E-state index in [0.29, 0.717) is 0 Å². The van der Waals surface area contributed by atoms with Crippen LogP contribution in [0.25, 0.3) is 0 Å². The van der Waals surface area contributed by atoms with Gasteiger partial charge in [0.1, 0.15) is 0 Å². The van der Waals surface area contributed by atoms with Crippen molar-refractivity contribution in [2.24, 2.45) is 0 Å². The average molecular weight is 608 g/mol. The van der Waals surface area contributed by atoms with Crippen molar-refractivity contribution in [2.75, 3.05) is 54.0 Å². The van der Waals surface area contributed by atoms with Crippen LogP contribution in [-0.2, 0) is 0 Å². The van der Waals surface area contributed by atoms with Gasteiger partial charge in [0.15, 0.2) is 0 Å². The zero-order chi connectivity index (χ0) is 25.4. The molecule has 0 unspecified atom stereocenters. The van der Waals surface area contributed by atoms with Gasteiger partial charge in [-0.25, -0.2) is 0 Å². The van der Waals surface area contributed by atoms with Crippen LogP contribution in [-0.4, -0.2) is 56.3 Å². The van der Waals surface area contributed by atoms with E-state index in [1.165, 1.54) is 27.9 Å². The zero-order valence-electron chi connectivity index (χ0n) is 22.3. The Morgan fingerprint density at radius 3 is 0.800 bits per heavy atom. The second-order valence-electron chi connectivity index (χ2n) is 8.54. The summed E-state index contributed by atoms with van der Waals surface area (Å²) in [5.41, 5.74) is 3.78. The van der Waals surface area contributed by atoms with Crippen molar-refractivity contribution >= 4 is 53.9 Å². The number of hydrogen-bond donors (Lipinski definition) is 0. The summed E-state index contributed by atoms with van der Waals surface area (Å²) in [6.45, 7) is 19.2. The predicted octanol–water partition coefficient (Wildman–Crippen LogP) is 5.43. The molecule has 5 heteroatoms. The Balaban J connectivity index is 2.10. The fraction of sp³-hybridized carbons (Fsp3) is 0.400. The van der Waals surface area contributed by atoms with Crippen LogP contribution in [0.1, 0.15) is 41.5 Å². The first-order valence-corrected chi connectivity index (χ1v) is 19.5. The molecule has 35 heavy (non-hydrogen) atoms. The molecule has 3 rings (SSSR count). The third-order valence-corrected chi connectivity index (χ3v) is 18.3. The molecule has 0 spiro atoms. The summed E-state index contributed by atoms with van der Waals surface area (Å²) in [6.07, 6.45) is 0. The van der Waals surface area contributed by atoms with Gasteiger partial charge in [-0.05, 0) is 0 Å². The predicted molar refractivity (Wildman–Crippen MR) is 161 cm³/mol. The van der Waals surface area contributed by atoms with Crippen molar-refractivity contribution in [3.8, 4) is 0 Å². The molecular formula is C30H42ClN3Te. The number of rotatable bonds is 12. The van der Waals surface area contributed by atoms with Crippen LogP contribution in [0, 0.1) is 0 Å². The van der Waals surface area contributed by atoms with Gasteiger partial charge < -0.3 is 0 Å². The van der Waals surface area contributed by atoms with Crippen LogP contribution in [0.15, 0.2) is 72.8 Å². The topological polar surface area (TPSA) is 9.72 Å². The average Bonchev–Trinajstić information content (AvgIpc) is 2.91. The maximum absolute atomic E-state index is 7.86. The Morgan fingerprint density at radius 2 is 0.629 bits per heavy atom. The molecule has 3 aromatic carbocycles. The molecule has 0 aliphatic heterocycles. The third-order valence-electron chi connectivity index (χ3n) is 6.87. The first-order valence-electron chi connectivity index (χ1n) is 13.0. The Kier molecular flexibility index (Phi) is 10.2. The van der Waals surface area contributed by atoms with E-state index in [2.05, 4.69) is 129 Å². The van der Waals surface area contributed by atoms with Crippen LogP contribution in [0.2, 0.25) is 0 Å². The molecule has 0 atom stereocenters. The molecule has 0 bridgehead atoms. The van der Waals surface area contributed by atoms with Crippen molar-refractivity contribution < 1.29 is 0 Å². The summed E-state index contributed by atoms with van der Waals surface area (Å²) in [5.74, 6) is 0. The van der Waals surface area contributed by atoms with Crippen molar-refractivity contribution in [3.05, 3.63) is 72.8 Å². The van der Waals surface area contributed by atoms with E-state index in [1.54, 1.807) is 0 Å². The van der Waals surface area contributed by atoms with Crippen LogP contribution < -0.4 is 25.5 Å². The van der Waals surface area contributed by atoms with Crippen molar-refractivity contribution in [2.45, 2.75) is 41.5 Å². The van der Waals surface area contributed by atoms with E-state index in [0.717, 1.165) is 39.3 Å². The quantitative estimate of drug-likeness (QED) is 0.255. The standard InChI is InChI=1S/C30H42ClN3Te/c1-7-32(8-2)25-13-19-28(20-14-25)35(31,29-21-15-26(16-22-29)33(9-3)10-4)30-23-17-27(18-24-30)34(11-5)12-6/h13-24H,7-12H2,1-6H3.